The molecule has 0 radical (unpaired) electrons. The number of rotatable bonds is 4. The van der Waals surface area contributed by atoms with Crippen molar-refractivity contribution in [3.05, 3.63) is 59.7 Å². The van der Waals surface area contributed by atoms with Gasteiger partial charge in [-0.1, -0.05) is 24.3 Å². The number of phenolic OH excluding ortho intramolecular Hbond substituents is 1. The van der Waals surface area contributed by atoms with Gasteiger partial charge in [-0.25, -0.2) is 0 Å². The van der Waals surface area contributed by atoms with Crippen LogP contribution in [0.15, 0.2) is 48.5 Å². The molecule has 2 amide bonds. The number of benzene rings is 2. The van der Waals surface area contributed by atoms with Gasteiger partial charge in [0.2, 0.25) is 11.8 Å². The zero-order valence-corrected chi connectivity index (χ0v) is 14.9. The summed E-state index contributed by atoms with van der Waals surface area (Å²) in [5.41, 5.74) is 2.91. The summed E-state index contributed by atoms with van der Waals surface area (Å²) in [7, 11) is 0. The number of piperidine rings is 1. The van der Waals surface area contributed by atoms with Gasteiger partial charge in [0.1, 0.15) is 5.75 Å². The standard InChI is InChI=1S/C21H24N2O3/c1-15(24)22-19-6-2-16(3-7-19)14-21(26)23-12-10-18(11-13-23)17-4-8-20(25)9-5-17/h2-9,18,25H,10-14H2,1H3,(H,22,24). The SMILES string of the molecule is CC(=O)Nc1ccc(CC(=O)N2CCC(c3ccc(O)cc3)CC2)cc1. The maximum absolute atomic E-state index is 12.5. The van der Waals surface area contributed by atoms with E-state index in [0.29, 0.717) is 12.3 Å². The van der Waals surface area contributed by atoms with E-state index in [2.05, 4.69) is 5.32 Å². The number of hydrogen-bond acceptors (Lipinski definition) is 3. The van der Waals surface area contributed by atoms with Crippen LogP contribution in [0.5, 0.6) is 5.75 Å². The summed E-state index contributed by atoms with van der Waals surface area (Å²) >= 11 is 0. The van der Waals surface area contributed by atoms with E-state index in [-0.39, 0.29) is 17.6 Å². The summed E-state index contributed by atoms with van der Waals surface area (Å²) < 4.78 is 0. The lowest BCUT2D eigenvalue weighted by Gasteiger charge is -2.32. The van der Waals surface area contributed by atoms with Crippen molar-refractivity contribution in [3.8, 4) is 5.75 Å². The largest absolute Gasteiger partial charge is 0.508 e. The van der Waals surface area contributed by atoms with E-state index >= 15 is 0 Å². The molecule has 2 N–H and O–H groups in total. The predicted octanol–water partition coefficient (Wildman–Crippen LogP) is 3.30. The fraction of sp³-hybridized carbons (Fsp3) is 0.333. The van der Waals surface area contributed by atoms with Gasteiger partial charge in [0.25, 0.3) is 0 Å². The number of nitrogens with zero attached hydrogens (tertiary/aromatic N) is 1. The van der Waals surface area contributed by atoms with Crippen LogP contribution < -0.4 is 5.32 Å². The zero-order chi connectivity index (χ0) is 18.5. The summed E-state index contributed by atoms with van der Waals surface area (Å²) in [6.07, 6.45) is 2.26. The number of amides is 2. The van der Waals surface area contributed by atoms with Crippen molar-refractivity contribution in [2.45, 2.75) is 32.1 Å². The summed E-state index contributed by atoms with van der Waals surface area (Å²) in [5, 5.41) is 12.1. The van der Waals surface area contributed by atoms with E-state index in [0.717, 1.165) is 37.2 Å². The number of hydrogen-bond donors (Lipinski definition) is 2. The summed E-state index contributed by atoms with van der Waals surface area (Å²) in [6.45, 7) is 2.99. The Morgan fingerprint density at radius 3 is 2.23 bits per heavy atom. The normalized spacial score (nSPS) is 14.9. The van der Waals surface area contributed by atoms with Crippen LogP contribution in [0.25, 0.3) is 0 Å². The van der Waals surface area contributed by atoms with Crippen LogP contribution in [-0.4, -0.2) is 34.9 Å². The van der Waals surface area contributed by atoms with E-state index in [9.17, 15) is 14.7 Å². The van der Waals surface area contributed by atoms with Crippen LogP contribution in [0.1, 0.15) is 36.8 Å². The van der Waals surface area contributed by atoms with Crippen molar-refractivity contribution in [2.24, 2.45) is 0 Å². The molecule has 26 heavy (non-hydrogen) atoms. The van der Waals surface area contributed by atoms with Gasteiger partial charge < -0.3 is 15.3 Å². The van der Waals surface area contributed by atoms with Gasteiger partial charge in [0.15, 0.2) is 0 Å². The highest BCUT2D eigenvalue weighted by Gasteiger charge is 2.23. The topological polar surface area (TPSA) is 69.6 Å². The number of nitrogens with one attached hydrogen (secondary N) is 1. The van der Waals surface area contributed by atoms with E-state index in [4.69, 9.17) is 0 Å². The minimum Gasteiger partial charge on any atom is -0.508 e. The molecule has 5 heteroatoms. The second-order valence-electron chi connectivity index (χ2n) is 6.80. The van der Waals surface area contributed by atoms with E-state index < -0.39 is 0 Å². The molecule has 3 rings (SSSR count). The van der Waals surface area contributed by atoms with Crippen LogP contribution in [0.4, 0.5) is 5.69 Å². The Balaban J connectivity index is 1.52. The van der Waals surface area contributed by atoms with Gasteiger partial charge in [-0.05, 0) is 54.2 Å². The van der Waals surface area contributed by atoms with Crippen LogP contribution in [0.2, 0.25) is 0 Å². The Morgan fingerprint density at radius 2 is 1.65 bits per heavy atom. The van der Waals surface area contributed by atoms with Crippen molar-refractivity contribution in [2.75, 3.05) is 18.4 Å². The van der Waals surface area contributed by atoms with Crippen molar-refractivity contribution in [1.82, 2.24) is 4.90 Å². The van der Waals surface area contributed by atoms with Crippen molar-refractivity contribution in [3.63, 3.8) is 0 Å². The molecule has 2 aromatic carbocycles. The Kier molecular flexibility index (Phi) is 5.56. The molecule has 2 aromatic rings. The molecule has 1 fully saturated rings. The van der Waals surface area contributed by atoms with Crippen LogP contribution in [-0.2, 0) is 16.0 Å². The molecule has 1 saturated heterocycles. The first kappa shape index (κ1) is 18.0. The van der Waals surface area contributed by atoms with Crippen LogP contribution >= 0.6 is 0 Å². The van der Waals surface area contributed by atoms with Crippen LogP contribution in [0, 0.1) is 0 Å². The monoisotopic (exact) mass is 352 g/mol. The van der Waals surface area contributed by atoms with Gasteiger partial charge >= 0.3 is 0 Å². The molecular formula is C21H24N2O3. The Bertz CT molecular complexity index is 761. The van der Waals surface area contributed by atoms with Gasteiger partial charge in [0, 0.05) is 25.7 Å². The third-order valence-corrected chi connectivity index (χ3v) is 4.84. The third-order valence-electron chi connectivity index (χ3n) is 4.84. The Labute approximate surface area is 153 Å². The average molecular weight is 352 g/mol. The van der Waals surface area contributed by atoms with Crippen molar-refractivity contribution in [1.29, 1.82) is 0 Å². The lowest BCUT2D eigenvalue weighted by Crippen LogP contribution is -2.38. The second kappa shape index (κ2) is 8.04. The summed E-state index contributed by atoms with van der Waals surface area (Å²) in [6, 6.07) is 14.8. The maximum atomic E-state index is 12.5. The third kappa shape index (κ3) is 4.63. The number of carbonyl (C=O) groups is 2. The lowest BCUT2D eigenvalue weighted by molar-refractivity contribution is -0.131. The van der Waals surface area contributed by atoms with Gasteiger partial charge in [0.05, 0.1) is 6.42 Å². The maximum Gasteiger partial charge on any atom is 0.226 e. The first-order valence-electron chi connectivity index (χ1n) is 8.94. The summed E-state index contributed by atoms with van der Waals surface area (Å²) in [5.74, 6) is 0.759. The highest BCUT2D eigenvalue weighted by molar-refractivity contribution is 5.88. The number of aromatic hydroxyl groups is 1. The van der Waals surface area contributed by atoms with E-state index in [1.165, 1.54) is 12.5 Å². The molecule has 0 saturated carbocycles. The molecule has 0 aliphatic carbocycles. The first-order chi connectivity index (χ1) is 12.5. The lowest BCUT2D eigenvalue weighted by atomic mass is 9.89. The Hall–Kier alpha value is -2.82. The molecule has 0 bridgehead atoms. The molecule has 136 valence electrons. The fourth-order valence-electron chi connectivity index (χ4n) is 3.40. The number of anilines is 1. The van der Waals surface area contributed by atoms with Crippen molar-refractivity contribution < 1.29 is 14.7 Å². The highest BCUT2D eigenvalue weighted by atomic mass is 16.3. The van der Waals surface area contributed by atoms with E-state index in [1.807, 2.05) is 41.3 Å². The van der Waals surface area contributed by atoms with Gasteiger partial charge in [-0.3, -0.25) is 9.59 Å². The molecule has 5 nitrogen and oxygen atoms in total. The minimum atomic E-state index is -0.106. The van der Waals surface area contributed by atoms with Gasteiger partial charge in [-0.15, -0.1) is 0 Å². The van der Waals surface area contributed by atoms with E-state index in [1.54, 1.807) is 12.1 Å². The molecule has 1 aliphatic rings. The van der Waals surface area contributed by atoms with Gasteiger partial charge in [-0.2, -0.15) is 0 Å². The Morgan fingerprint density at radius 1 is 1.04 bits per heavy atom. The predicted molar refractivity (Wildman–Crippen MR) is 101 cm³/mol. The minimum absolute atomic E-state index is 0.106. The smallest absolute Gasteiger partial charge is 0.226 e. The van der Waals surface area contributed by atoms with Crippen molar-refractivity contribution >= 4 is 17.5 Å². The fourth-order valence-corrected chi connectivity index (χ4v) is 3.40. The summed E-state index contributed by atoms with van der Waals surface area (Å²) in [4.78, 5) is 25.5. The zero-order valence-electron chi connectivity index (χ0n) is 14.9. The molecule has 0 aromatic heterocycles. The number of likely N-dealkylation sites (tertiary alicyclic amines) is 1. The highest BCUT2D eigenvalue weighted by Crippen LogP contribution is 2.29. The molecule has 0 unspecified atom stereocenters. The first-order valence-corrected chi connectivity index (χ1v) is 8.94. The molecule has 0 atom stereocenters. The quantitative estimate of drug-likeness (QED) is 0.887. The average Bonchev–Trinajstić information content (AvgIpc) is 2.64. The number of carbonyl (C=O) groups excluding carboxylic acids is 2. The molecular weight excluding hydrogens is 328 g/mol. The number of phenols is 1. The second-order valence-corrected chi connectivity index (χ2v) is 6.80. The molecule has 1 aliphatic heterocycles. The van der Waals surface area contributed by atoms with Crippen LogP contribution in [0.3, 0.4) is 0 Å². The molecule has 0 spiro atoms. The molecule has 1 heterocycles.